The van der Waals surface area contributed by atoms with E-state index in [1.165, 1.54) is 6.42 Å². The molecule has 1 aromatic carbocycles. The summed E-state index contributed by atoms with van der Waals surface area (Å²) < 4.78 is 5.18. The van der Waals surface area contributed by atoms with Gasteiger partial charge in [0.2, 0.25) is 0 Å². The van der Waals surface area contributed by atoms with Crippen LogP contribution in [0.15, 0.2) is 24.3 Å². The van der Waals surface area contributed by atoms with Crippen molar-refractivity contribution in [3.05, 3.63) is 29.8 Å². The third kappa shape index (κ3) is 7.11. The fraction of sp³-hybridized carbons (Fsp3) is 0.533. The fourth-order valence-corrected chi connectivity index (χ4v) is 1.54. The van der Waals surface area contributed by atoms with Crippen LogP contribution >= 0.6 is 0 Å². The fourth-order valence-electron chi connectivity index (χ4n) is 1.54. The minimum atomic E-state index is -0.262. The Balaban J connectivity index is 0.00000361. The van der Waals surface area contributed by atoms with Gasteiger partial charge in [-0.1, -0.05) is 13.3 Å². The molecule has 1 rings (SSSR count). The van der Waals surface area contributed by atoms with Crippen molar-refractivity contribution in [3.63, 3.8) is 0 Å². The van der Waals surface area contributed by atoms with Crippen molar-refractivity contribution < 1.29 is 15.0 Å². The number of anilines is 1. The highest BCUT2D eigenvalue weighted by Gasteiger charge is 2.06. The summed E-state index contributed by atoms with van der Waals surface area (Å²) >= 11 is 0. The number of ether oxygens (including phenoxy) is 1. The monoisotopic (exact) mass is 282 g/mol. The smallest absolute Gasteiger partial charge is 0.338 e. The standard InChI is InChI=1S/C15H24N2O2.H2O/c1-4-5-10-16-14-8-6-13(7-9-14)15(18)19-12-11-17(2)3;/h6-9,16H,4-5,10-12H2,1-3H3;1H2. The Morgan fingerprint density at radius 3 is 2.45 bits per heavy atom. The summed E-state index contributed by atoms with van der Waals surface area (Å²) in [6, 6.07) is 7.43. The minimum absolute atomic E-state index is 0. The van der Waals surface area contributed by atoms with Gasteiger partial charge in [0.1, 0.15) is 6.61 Å². The summed E-state index contributed by atoms with van der Waals surface area (Å²) in [6.45, 7) is 4.28. The van der Waals surface area contributed by atoms with Crippen molar-refractivity contribution in [1.29, 1.82) is 0 Å². The number of rotatable bonds is 8. The summed E-state index contributed by atoms with van der Waals surface area (Å²) in [5.41, 5.74) is 1.64. The van der Waals surface area contributed by atoms with Gasteiger partial charge in [0.05, 0.1) is 5.56 Å². The van der Waals surface area contributed by atoms with Crippen LogP contribution in [-0.2, 0) is 4.74 Å². The third-order valence-corrected chi connectivity index (χ3v) is 2.75. The van der Waals surface area contributed by atoms with Gasteiger partial charge in [-0.15, -0.1) is 0 Å². The number of carbonyl (C=O) groups is 1. The molecule has 0 saturated carbocycles. The highest BCUT2D eigenvalue weighted by molar-refractivity contribution is 5.89. The van der Waals surface area contributed by atoms with Crippen molar-refractivity contribution in [2.75, 3.05) is 39.1 Å². The zero-order valence-electron chi connectivity index (χ0n) is 12.6. The van der Waals surface area contributed by atoms with Crippen LogP contribution in [0.5, 0.6) is 0 Å². The molecule has 20 heavy (non-hydrogen) atoms. The molecule has 114 valence electrons. The molecule has 0 aliphatic rings. The predicted molar refractivity (Wildman–Crippen MR) is 82.3 cm³/mol. The number of nitrogens with zero attached hydrogens (tertiary/aromatic N) is 1. The van der Waals surface area contributed by atoms with Gasteiger partial charge in [-0.2, -0.15) is 0 Å². The molecule has 0 bridgehead atoms. The van der Waals surface area contributed by atoms with Crippen molar-refractivity contribution >= 4 is 11.7 Å². The molecule has 0 amide bonds. The van der Waals surface area contributed by atoms with E-state index >= 15 is 0 Å². The zero-order chi connectivity index (χ0) is 14.1. The Hall–Kier alpha value is -1.59. The van der Waals surface area contributed by atoms with Crippen LogP contribution in [0.3, 0.4) is 0 Å². The van der Waals surface area contributed by atoms with E-state index < -0.39 is 0 Å². The quantitative estimate of drug-likeness (QED) is 0.583. The number of carbonyl (C=O) groups excluding carboxylic acids is 1. The number of unbranched alkanes of at least 4 members (excludes halogenated alkanes) is 1. The number of likely N-dealkylation sites (N-methyl/N-ethyl adjacent to an activating group) is 1. The summed E-state index contributed by atoms with van der Waals surface area (Å²) in [5, 5.41) is 3.31. The average Bonchev–Trinajstić information content (AvgIpc) is 2.39. The van der Waals surface area contributed by atoms with E-state index in [-0.39, 0.29) is 11.4 Å². The lowest BCUT2D eigenvalue weighted by Gasteiger charge is -2.10. The van der Waals surface area contributed by atoms with Gasteiger partial charge in [-0.3, -0.25) is 0 Å². The maximum Gasteiger partial charge on any atom is 0.338 e. The van der Waals surface area contributed by atoms with Gasteiger partial charge in [0, 0.05) is 18.8 Å². The summed E-state index contributed by atoms with van der Waals surface area (Å²) in [6.07, 6.45) is 2.32. The highest BCUT2D eigenvalue weighted by atomic mass is 16.5. The van der Waals surface area contributed by atoms with Crippen LogP contribution in [0.2, 0.25) is 0 Å². The van der Waals surface area contributed by atoms with Crippen molar-refractivity contribution in [1.82, 2.24) is 4.90 Å². The number of hydrogen-bond donors (Lipinski definition) is 1. The molecule has 3 N–H and O–H groups in total. The van der Waals surface area contributed by atoms with Crippen molar-refractivity contribution in [2.24, 2.45) is 0 Å². The van der Waals surface area contributed by atoms with Crippen LogP contribution < -0.4 is 5.32 Å². The first-order valence-electron chi connectivity index (χ1n) is 6.79. The van der Waals surface area contributed by atoms with E-state index in [1.54, 1.807) is 12.1 Å². The summed E-state index contributed by atoms with van der Waals surface area (Å²) in [5.74, 6) is -0.262. The maximum atomic E-state index is 11.7. The van der Waals surface area contributed by atoms with Crippen LogP contribution in [0.25, 0.3) is 0 Å². The van der Waals surface area contributed by atoms with Gasteiger partial charge in [0.25, 0.3) is 0 Å². The molecule has 0 atom stereocenters. The van der Waals surface area contributed by atoms with Gasteiger partial charge >= 0.3 is 5.97 Å². The second-order valence-corrected chi connectivity index (χ2v) is 4.80. The predicted octanol–water partition coefficient (Wildman–Crippen LogP) is 1.79. The number of benzene rings is 1. The van der Waals surface area contributed by atoms with Gasteiger partial charge in [-0.25, -0.2) is 4.79 Å². The molecule has 0 aliphatic heterocycles. The third-order valence-electron chi connectivity index (χ3n) is 2.75. The molecular formula is C15H26N2O3. The Labute approximate surface area is 121 Å². The van der Waals surface area contributed by atoms with Gasteiger partial charge < -0.3 is 20.4 Å². The molecule has 5 heteroatoms. The molecule has 5 nitrogen and oxygen atoms in total. The van der Waals surface area contributed by atoms with Crippen LogP contribution in [0.1, 0.15) is 30.1 Å². The highest BCUT2D eigenvalue weighted by Crippen LogP contribution is 2.10. The van der Waals surface area contributed by atoms with E-state index in [0.717, 1.165) is 25.2 Å². The Morgan fingerprint density at radius 1 is 1.25 bits per heavy atom. The first kappa shape index (κ1) is 18.4. The lowest BCUT2D eigenvalue weighted by atomic mass is 10.2. The number of hydrogen-bond acceptors (Lipinski definition) is 4. The van der Waals surface area contributed by atoms with Crippen molar-refractivity contribution in [2.45, 2.75) is 19.8 Å². The maximum absolute atomic E-state index is 11.7. The molecule has 0 aromatic heterocycles. The lowest BCUT2D eigenvalue weighted by molar-refractivity contribution is 0.0482. The minimum Gasteiger partial charge on any atom is -0.461 e. The van der Waals surface area contributed by atoms with E-state index in [4.69, 9.17) is 4.74 Å². The van der Waals surface area contributed by atoms with E-state index in [2.05, 4.69) is 12.2 Å². The SMILES string of the molecule is CCCCNc1ccc(C(=O)OCCN(C)C)cc1.O. The Morgan fingerprint density at radius 2 is 1.90 bits per heavy atom. The van der Waals surface area contributed by atoms with E-state index in [0.29, 0.717) is 12.2 Å². The molecule has 0 saturated heterocycles. The topological polar surface area (TPSA) is 73.1 Å². The van der Waals surface area contributed by atoms with E-state index in [1.807, 2.05) is 31.1 Å². The van der Waals surface area contributed by atoms with Crippen LogP contribution in [0.4, 0.5) is 5.69 Å². The molecule has 0 spiro atoms. The molecule has 1 aromatic rings. The zero-order valence-corrected chi connectivity index (χ0v) is 12.6. The second-order valence-electron chi connectivity index (χ2n) is 4.80. The van der Waals surface area contributed by atoms with E-state index in [9.17, 15) is 4.79 Å². The number of esters is 1. The first-order chi connectivity index (χ1) is 9.13. The molecule has 0 heterocycles. The molecule has 0 unspecified atom stereocenters. The van der Waals surface area contributed by atoms with Crippen molar-refractivity contribution in [3.8, 4) is 0 Å². The van der Waals surface area contributed by atoms with Crippen LogP contribution in [-0.4, -0.2) is 50.1 Å². The summed E-state index contributed by atoms with van der Waals surface area (Å²) in [7, 11) is 3.90. The lowest BCUT2D eigenvalue weighted by Crippen LogP contribution is -2.20. The van der Waals surface area contributed by atoms with Gasteiger partial charge in [-0.05, 0) is 44.8 Å². The normalized spacial score (nSPS) is 10.0. The Bertz CT molecular complexity index is 377. The molecule has 0 fully saturated rings. The molecule has 0 radical (unpaired) electrons. The molecule has 0 aliphatic carbocycles. The van der Waals surface area contributed by atoms with Crippen LogP contribution in [0, 0.1) is 0 Å². The largest absolute Gasteiger partial charge is 0.461 e. The summed E-state index contributed by atoms with van der Waals surface area (Å²) in [4.78, 5) is 13.7. The Kier molecular flexibility index (Phi) is 9.41. The van der Waals surface area contributed by atoms with Gasteiger partial charge in [0.15, 0.2) is 0 Å². The average molecular weight is 282 g/mol. The molecular weight excluding hydrogens is 256 g/mol. The number of nitrogens with one attached hydrogen (secondary N) is 1. The second kappa shape index (κ2) is 10.2. The first-order valence-corrected chi connectivity index (χ1v) is 6.79.